The average Bonchev–Trinajstić information content (AvgIpc) is 2.84. The molecule has 1 aromatic rings. The zero-order chi connectivity index (χ0) is 24.0. The zero-order valence-electron chi connectivity index (χ0n) is 21.1. The Morgan fingerprint density at radius 1 is 0.788 bits per heavy atom. The fourth-order valence-electron chi connectivity index (χ4n) is 3.72. The van der Waals surface area contributed by atoms with E-state index in [4.69, 9.17) is 14.5 Å². The monoisotopic (exact) mass is 458 g/mol. The van der Waals surface area contributed by atoms with Gasteiger partial charge in [-0.1, -0.05) is 116 Å². The van der Waals surface area contributed by atoms with Crippen molar-refractivity contribution in [3.05, 3.63) is 54.5 Å². The third-order valence-electron chi connectivity index (χ3n) is 5.72. The normalized spacial score (nSPS) is 11.3. The van der Waals surface area contributed by atoms with E-state index < -0.39 is 5.97 Å². The van der Waals surface area contributed by atoms with Crippen LogP contribution in [0.25, 0.3) is 0 Å². The number of rotatable bonds is 21. The van der Waals surface area contributed by atoms with Crippen molar-refractivity contribution in [3.8, 4) is 5.75 Å². The summed E-state index contributed by atoms with van der Waals surface area (Å²) in [4.78, 5) is 21.5. The maximum atomic E-state index is 11.5. The highest BCUT2D eigenvalue weighted by Crippen LogP contribution is 2.24. The van der Waals surface area contributed by atoms with Crippen molar-refractivity contribution in [2.45, 2.75) is 117 Å². The second kappa shape index (κ2) is 20.4. The molecule has 0 radical (unpaired) electrons. The molecule has 0 aliphatic rings. The van der Waals surface area contributed by atoms with Crippen LogP contribution >= 0.6 is 0 Å². The highest BCUT2D eigenvalue weighted by molar-refractivity contribution is 5.80. The van der Waals surface area contributed by atoms with Crippen LogP contribution in [-0.2, 0) is 21.0 Å². The van der Waals surface area contributed by atoms with Crippen LogP contribution < -0.4 is 4.74 Å². The van der Waals surface area contributed by atoms with Crippen LogP contribution in [-0.4, -0.2) is 5.97 Å². The fraction of sp³-hybridized carbons (Fsp3) is 0.621. The quantitative estimate of drug-likeness (QED) is 0.0606. The first-order valence-electron chi connectivity index (χ1n) is 13.2. The van der Waals surface area contributed by atoms with Gasteiger partial charge in [0.15, 0.2) is 0 Å². The SMILES string of the molecule is C=CC(=O)OOC(=CCCCCCCCCC)Oc1ccccc1CCCCCCCCC. The van der Waals surface area contributed by atoms with Crippen molar-refractivity contribution >= 4 is 5.97 Å². The van der Waals surface area contributed by atoms with Crippen molar-refractivity contribution in [2.75, 3.05) is 0 Å². The lowest BCUT2D eigenvalue weighted by atomic mass is 10.0. The summed E-state index contributed by atoms with van der Waals surface area (Å²) in [7, 11) is 0. The minimum atomic E-state index is -0.642. The minimum absolute atomic E-state index is 0.211. The van der Waals surface area contributed by atoms with Gasteiger partial charge in [0.2, 0.25) is 0 Å². The summed E-state index contributed by atoms with van der Waals surface area (Å²) < 4.78 is 6.04. The van der Waals surface area contributed by atoms with Crippen LogP contribution in [0.1, 0.15) is 116 Å². The molecule has 0 atom stereocenters. The number of benzene rings is 1. The molecule has 0 spiro atoms. The zero-order valence-corrected chi connectivity index (χ0v) is 21.1. The summed E-state index contributed by atoms with van der Waals surface area (Å²) in [6.07, 6.45) is 22.3. The molecule has 0 unspecified atom stereocenters. The summed E-state index contributed by atoms with van der Waals surface area (Å²) in [5, 5.41) is 0. The Morgan fingerprint density at radius 2 is 1.36 bits per heavy atom. The van der Waals surface area contributed by atoms with E-state index in [0.29, 0.717) is 0 Å². The molecule has 4 nitrogen and oxygen atoms in total. The first-order valence-corrected chi connectivity index (χ1v) is 13.2. The minimum Gasteiger partial charge on any atom is -0.423 e. The highest BCUT2D eigenvalue weighted by atomic mass is 17.2. The fourth-order valence-corrected chi connectivity index (χ4v) is 3.72. The first kappa shape index (κ1) is 28.8. The van der Waals surface area contributed by atoms with Gasteiger partial charge in [-0.05, 0) is 37.3 Å². The predicted molar refractivity (Wildman–Crippen MR) is 137 cm³/mol. The summed E-state index contributed by atoms with van der Waals surface area (Å²) in [5.74, 6) is 0.323. The summed E-state index contributed by atoms with van der Waals surface area (Å²) >= 11 is 0. The maximum absolute atomic E-state index is 11.5. The molecule has 0 saturated heterocycles. The van der Waals surface area contributed by atoms with Gasteiger partial charge >= 0.3 is 11.9 Å². The number of hydrogen-bond donors (Lipinski definition) is 0. The Labute approximate surface area is 202 Å². The van der Waals surface area contributed by atoms with Gasteiger partial charge in [0.05, 0.1) is 0 Å². The summed E-state index contributed by atoms with van der Waals surface area (Å²) in [5.41, 5.74) is 1.14. The van der Waals surface area contributed by atoms with Gasteiger partial charge in [0.25, 0.3) is 0 Å². The van der Waals surface area contributed by atoms with E-state index in [1.54, 1.807) is 0 Å². The molecule has 1 aromatic carbocycles. The van der Waals surface area contributed by atoms with Crippen LogP contribution in [0.5, 0.6) is 5.75 Å². The Morgan fingerprint density at radius 3 is 2.00 bits per heavy atom. The molecule has 0 bridgehead atoms. The third-order valence-corrected chi connectivity index (χ3v) is 5.72. The van der Waals surface area contributed by atoms with E-state index in [-0.39, 0.29) is 5.95 Å². The van der Waals surface area contributed by atoms with Gasteiger partial charge in [-0.3, -0.25) is 0 Å². The highest BCUT2D eigenvalue weighted by Gasteiger charge is 2.10. The van der Waals surface area contributed by atoms with E-state index in [1.165, 1.54) is 77.0 Å². The van der Waals surface area contributed by atoms with Gasteiger partial charge in [-0.15, -0.1) is 0 Å². The van der Waals surface area contributed by atoms with Gasteiger partial charge in [0, 0.05) is 12.2 Å². The standard InChI is InChI=1S/C29H46O4/c1-4-7-9-11-13-15-17-19-25-29(33-32-28(30)6-3)31-27-24-21-20-23-26(27)22-18-16-14-12-10-8-5-2/h6,20-21,23-25H,3-5,7-19,22H2,1-2H3. The Kier molecular flexibility index (Phi) is 17.8. The van der Waals surface area contributed by atoms with Gasteiger partial charge < -0.3 is 4.74 Å². The van der Waals surface area contributed by atoms with Crippen molar-refractivity contribution in [3.63, 3.8) is 0 Å². The first-order chi connectivity index (χ1) is 16.2. The molecular formula is C29H46O4. The van der Waals surface area contributed by atoms with Crippen LogP contribution in [0.3, 0.4) is 0 Å². The third kappa shape index (κ3) is 15.3. The van der Waals surface area contributed by atoms with Gasteiger partial charge in [-0.2, -0.15) is 0 Å². The smallest absolute Gasteiger partial charge is 0.378 e. The van der Waals surface area contributed by atoms with E-state index >= 15 is 0 Å². The molecule has 0 N–H and O–H groups in total. The molecule has 0 aliphatic carbocycles. The average molecular weight is 459 g/mol. The lowest BCUT2D eigenvalue weighted by Crippen LogP contribution is -2.07. The van der Waals surface area contributed by atoms with Gasteiger partial charge in [0.1, 0.15) is 5.75 Å². The largest absolute Gasteiger partial charge is 0.423 e. The lowest BCUT2D eigenvalue weighted by Gasteiger charge is -2.13. The van der Waals surface area contributed by atoms with E-state index in [9.17, 15) is 4.79 Å². The van der Waals surface area contributed by atoms with E-state index in [1.807, 2.05) is 24.3 Å². The number of para-hydroxylation sites is 1. The number of unbranched alkanes of at least 4 members (excludes halogenated alkanes) is 13. The number of hydrogen-bond acceptors (Lipinski definition) is 4. The molecule has 4 heteroatoms. The Balaban J connectivity index is 2.57. The topological polar surface area (TPSA) is 44.8 Å². The second-order valence-electron chi connectivity index (χ2n) is 8.70. The molecule has 1 rings (SSSR count). The molecule has 0 heterocycles. The number of carbonyl (C=O) groups excluding carboxylic acids is 1. The molecule has 0 saturated carbocycles. The predicted octanol–water partition coefficient (Wildman–Crippen LogP) is 9.00. The maximum Gasteiger partial charge on any atom is 0.378 e. The molecule has 0 aliphatic heterocycles. The molecular weight excluding hydrogens is 412 g/mol. The Bertz CT molecular complexity index is 665. The molecule has 186 valence electrons. The van der Waals surface area contributed by atoms with Crippen molar-refractivity contribution in [1.29, 1.82) is 0 Å². The van der Waals surface area contributed by atoms with Crippen LogP contribution in [0.4, 0.5) is 0 Å². The lowest BCUT2D eigenvalue weighted by molar-refractivity contribution is -0.259. The summed E-state index contributed by atoms with van der Waals surface area (Å²) in [6, 6.07) is 8.02. The second-order valence-corrected chi connectivity index (χ2v) is 8.70. The Hall–Kier alpha value is -2.23. The van der Waals surface area contributed by atoms with Crippen molar-refractivity contribution in [2.24, 2.45) is 0 Å². The molecule has 0 fully saturated rings. The number of allylic oxidation sites excluding steroid dienone is 1. The molecule has 0 aromatic heterocycles. The molecule has 33 heavy (non-hydrogen) atoms. The van der Waals surface area contributed by atoms with Gasteiger partial charge in [-0.25, -0.2) is 14.6 Å². The number of aryl methyl sites for hydroxylation is 1. The van der Waals surface area contributed by atoms with Crippen molar-refractivity contribution < 1.29 is 19.3 Å². The number of carbonyl (C=O) groups is 1. The van der Waals surface area contributed by atoms with Crippen LogP contribution in [0.15, 0.2) is 48.9 Å². The van der Waals surface area contributed by atoms with E-state index in [2.05, 4.69) is 26.5 Å². The van der Waals surface area contributed by atoms with E-state index in [0.717, 1.165) is 43.1 Å². The van der Waals surface area contributed by atoms with Crippen molar-refractivity contribution in [1.82, 2.24) is 0 Å². The molecule has 0 amide bonds. The number of ether oxygens (including phenoxy) is 1. The van der Waals surface area contributed by atoms with Crippen LogP contribution in [0, 0.1) is 0 Å². The van der Waals surface area contributed by atoms with Crippen LogP contribution in [0.2, 0.25) is 0 Å². The summed E-state index contributed by atoms with van der Waals surface area (Å²) in [6.45, 7) is 7.88.